The van der Waals surface area contributed by atoms with Gasteiger partial charge in [-0.25, -0.2) is 0 Å². The van der Waals surface area contributed by atoms with Crippen molar-refractivity contribution < 1.29 is 0 Å². The van der Waals surface area contributed by atoms with Crippen LogP contribution in [0.5, 0.6) is 0 Å². The summed E-state index contributed by atoms with van der Waals surface area (Å²) >= 11 is 0. The van der Waals surface area contributed by atoms with Gasteiger partial charge in [-0.15, -0.1) is 0 Å². The van der Waals surface area contributed by atoms with Gasteiger partial charge in [0.05, 0.1) is 0 Å². The molecule has 1 heteroatoms. The molecule has 0 bridgehead atoms. The van der Waals surface area contributed by atoms with Gasteiger partial charge in [-0.05, 0) is 60.8 Å². The highest BCUT2D eigenvalue weighted by atomic mass is 14.9. The summed E-state index contributed by atoms with van der Waals surface area (Å²) in [6, 6.07) is 0.759. The van der Waals surface area contributed by atoms with Crippen molar-refractivity contribution in [3.05, 3.63) is 0 Å². The van der Waals surface area contributed by atoms with E-state index in [4.69, 9.17) is 0 Å². The number of hydrogen-bond donors (Lipinski definition) is 1. The second kappa shape index (κ2) is 12.6. The molecule has 28 heavy (non-hydrogen) atoms. The molecule has 0 aromatic carbocycles. The Labute approximate surface area is 178 Å². The summed E-state index contributed by atoms with van der Waals surface area (Å²) in [6.07, 6.45) is 17.5. The average Bonchev–Trinajstić information content (AvgIpc) is 3.21. The summed E-state index contributed by atoms with van der Waals surface area (Å²) in [5, 5.41) is 4.12. The van der Waals surface area contributed by atoms with Crippen LogP contribution in [0.15, 0.2) is 0 Å². The van der Waals surface area contributed by atoms with Crippen LogP contribution in [0.4, 0.5) is 0 Å². The van der Waals surface area contributed by atoms with E-state index in [1.807, 2.05) is 0 Å². The Kier molecular flexibility index (Phi) is 10.9. The van der Waals surface area contributed by atoms with Gasteiger partial charge in [-0.2, -0.15) is 0 Å². The molecule has 6 unspecified atom stereocenters. The highest BCUT2D eigenvalue weighted by Gasteiger charge is 2.43. The van der Waals surface area contributed by atoms with Gasteiger partial charge in [0.1, 0.15) is 0 Å². The molecule has 166 valence electrons. The molecule has 1 nitrogen and oxygen atoms in total. The molecule has 0 aromatic heterocycles. The maximum Gasteiger partial charge on any atom is 0.0131 e. The number of nitrogens with one attached hydrogen (secondary N) is 1. The van der Waals surface area contributed by atoms with Crippen LogP contribution in [-0.4, -0.2) is 12.6 Å². The molecule has 0 aliphatic heterocycles. The summed E-state index contributed by atoms with van der Waals surface area (Å²) in [5.74, 6) is 6.42. The predicted molar refractivity (Wildman–Crippen MR) is 126 cm³/mol. The van der Waals surface area contributed by atoms with E-state index in [1.165, 1.54) is 77.0 Å². The van der Waals surface area contributed by atoms with E-state index in [1.54, 1.807) is 0 Å². The lowest BCUT2D eigenvalue weighted by molar-refractivity contribution is 0.0434. The molecule has 2 fully saturated rings. The van der Waals surface area contributed by atoms with Gasteiger partial charge in [-0.1, -0.05) is 106 Å². The summed E-state index contributed by atoms with van der Waals surface area (Å²) in [4.78, 5) is 0. The van der Waals surface area contributed by atoms with Crippen molar-refractivity contribution in [1.29, 1.82) is 0 Å². The van der Waals surface area contributed by atoms with E-state index < -0.39 is 0 Å². The molecule has 0 heterocycles. The predicted octanol–water partition coefficient (Wildman–Crippen LogP) is 8.09. The fourth-order valence-electron chi connectivity index (χ4n) is 7.07. The third kappa shape index (κ3) is 6.48. The second-order valence-electron chi connectivity index (χ2n) is 10.8. The van der Waals surface area contributed by atoms with Gasteiger partial charge in [0.25, 0.3) is 0 Å². The minimum absolute atomic E-state index is 0.759. The van der Waals surface area contributed by atoms with Crippen molar-refractivity contribution in [1.82, 2.24) is 5.32 Å². The monoisotopic (exact) mass is 391 g/mol. The molecule has 0 radical (unpaired) electrons. The first kappa shape index (κ1) is 24.2. The third-order valence-corrected chi connectivity index (χ3v) is 8.68. The fourth-order valence-corrected chi connectivity index (χ4v) is 7.07. The number of hydrogen-bond acceptors (Lipinski definition) is 1. The van der Waals surface area contributed by atoms with Crippen LogP contribution in [0, 0.1) is 41.4 Å². The quantitative estimate of drug-likeness (QED) is 0.331. The van der Waals surface area contributed by atoms with Crippen LogP contribution in [0.2, 0.25) is 0 Å². The molecule has 1 N–H and O–H groups in total. The van der Waals surface area contributed by atoms with Crippen LogP contribution < -0.4 is 5.32 Å². The molecule has 0 aromatic rings. The molecule has 2 rings (SSSR count). The Morgan fingerprint density at radius 2 is 1.57 bits per heavy atom. The van der Waals surface area contributed by atoms with E-state index in [0.29, 0.717) is 0 Å². The zero-order chi connectivity index (χ0) is 20.5. The highest BCUT2D eigenvalue weighted by Crippen LogP contribution is 2.47. The lowest BCUT2D eigenvalue weighted by Gasteiger charge is -2.48. The first-order valence-corrected chi connectivity index (χ1v) is 13.3. The molecule has 2 aliphatic rings. The van der Waals surface area contributed by atoms with Gasteiger partial charge in [0.15, 0.2) is 0 Å². The SMILES string of the molecule is CCCCCC(C)C(C1CCCC1)C(NCC)C1CCC(CC)CC1C(C)C. The minimum Gasteiger partial charge on any atom is -0.314 e. The summed E-state index contributed by atoms with van der Waals surface area (Å²) < 4.78 is 0. The van der Waals surface area contributed by atoms with E-state index in [-0.39, 0.29) is 0 Å². The van der Waals surface area contributed by atoms with Crippen molar-refractivity contribution in [2.75, 3.05) is 6.54 Å². The fraction of sp³-hybridized carbons (Fsp3) is 1.00. The number of unbranched alkanes of at least 4 members (excludes halogenated alkanes) is 2. The summed E-state index contributed by atoms with van der Waals surface area (Å²) in [6.45, 7) is 15.9. The first-order chi connectivity index (χ1) is 13.5. The lowest BCUT2D eigenvalue weighted by atomic mass is 9.61. The molecule has 0 spiro atoms. The Balaban J connectivity index is 2.23. The van der Waals surface area contributed by atoms with Crippen molar-refractivity contribution in [3.8, 4) is 0 Å². The van der Waals surface area contributed by atoms with Crippen LogP contribution >= 0.6 is 0 Å². The zero-order valence-electron chi connectivity index (χ0n) is 20.3. The Hall–Kier alpha value is -0.0400. The maximum absolute atomic E-state index is 4.12. The molecule has 2 aliphatic carbocycles. The topological polar surface area (TPSA) is 12.0 Å². The maximum atomic E-state index is 4.12. The van der Waals surface area contributed by atoms with Gasteiger partial charge in [0.2, 0.25) is 0 Å². The van der Waals surface area contributed by atoms with E-state index in [9.17, 15) is 0 Å². The summed E-state index contributed by atoms with van der Waals surface area (Å²) in [7, 11) is 0. The van der Waals surface area contributed by atoms with Gasteiger partial charge in [-0.3, -0.25) is 0 Å². The Morgan fingerprint density at radius 1 is 0.857 bits per heavy atom. The Morgan fingerprint density at radius 3 is 2.14 bits per heavy atom. The summed E-state index contributed by atoms with van der Waals surface area (Å²) in [5.41, 5.74) is 0. The number of rotatable bonds is 12. The van der Waals surface area contributed by atoms with Crippen molar-refractivity contribution >= 4 is 0 Å². The van der Waals surface area contributed by atoms with Crippen LogP contribution in [-0.2, 0) is 0 Å². The highest BCUT2D eigenvalue weighted by molar-refractivity contribution is 4.96. The normalized spacial score (nSPS) is 29.9. The van der Waals surface area contributed by atoms with Crippen molar-refractivity contribution in [2.24, 2.45) is 41.4 Å². The smallest absolute Gasteiger partial charge is 0.0131 e. The van der Waals surface area contributed by atoms with Gasteiger partial charge in [0, 0.05) is 6.04 Å². The first-order valence-electron chi connectivity index (χ1n) is 13.3. The van der Waals surface area contributed by atoms with E-state index in [2.05, 4.69) is 46.9 Å². The average molecular weight is 392 g/mol. The lowest BCUT2D eigenvalue weighted by Crippen LogP contribution is -2.51. The molecular weight excluding hydrogens is 338 g/mol. The molecular formula is C27H53N. The Bertz CT molecular complexity index is 397. The van der Waals surface area contributed by atoms with E-state index in [0.717, 1.165) is 54.0 Å². The largest absolute Gasteiger partial charge is 0.314 e. The molecule has 6 atom stereocenters. The molecule has 0 amide bonds. The second-order valence-corrected chi connectivity index (χ2v) is 10.8. The van der Waals surface area contributed by atoms with Gasteiger partial charge < -0.3 is 5.32 Å². The standard InChI is InChI=1S/C27H53N/c1-7-10-11-14-21(6)26(23-15-12-13-16-23)27(28-9-3)24-18-17-22(8-2)19-25(24)20(4)5/h20-28H,7-19H2,1-6H3. The third-order valence-electron chi connectivity index (χ3n) is 8.68. The molecule has 0 saturated heterocycles. The van der Waals surface area contributed by atoms with Gasteiger partial charge >= 0.3 is 0 Å². The van der Waals surface area contributed by atoms with Crippen LogP contribution in [0.25, 0.3) is 0 Å². The molecule has 2 saturated carbocycles. The minimum atomic E-state index is 0.759. The van der Waals surface area contributed by atoms with Crippen LogP contribution in [0.3, 0.4) is 0 Å². The zero-order valence-corrected chi connectivity index (χ0v) is 20.3. The van der Waals surface area contributed by atoms with Crippen molar-refractivity contribution in [3.63, 3.8) is 0 Å². The van der Waals surface area contributed by atoms with Crippen LogP contribution in [0.1, 0.15) is 119 Å². The van der Waals surface area contributed by atoms with Crippen molar-refractivity contribution in [2.45, 2.75) is 125 Å². The van der Waals surface area contributed by atoms with E-state index >= 15 is 0 Å².